The van der Waals surface area contributed by atoms with Crippen LogP contribution in [0.15, 0.2) is 41.1 Å². The van der Waals surface area contributed by atoms with Crippen LogP contribution in [0.2, 0.25) is 10.0 Å². The second-order valence-electron chi connectivity index (χ2n) is 5.69. The summed E-state index contributed by atoms with van der Waals surface area (Å²) >= 11 is 17.9. The Morgan fingerprint density at radius 2 is 1.83 bits per heavy atom. The first-order valence-electron chi connectivity index (χ1n) is 7.13. The average Bonchev–Trinajstić information content (AvgIpc) is 2.41. The van der Waals surface area contributed by atoms with E-state index in [2.05, 4.69) is 0 Å². The molecule has 2 atom stereocenters. The van der Waals surface area contributed by atoms with Crippen molar-refractivity contribution in [2.75, 3.05) is 6.54 Å². The number of rotatable bonds is 2. The Morgan fingerprint density at radius 3 is 2.39 bits per heavy atom. The third kappa shape index (κ3) is 3.35. The van der Waals surface area contributed by atoms with Gasteiger partial charge < -0.3 is 4.90 Å². The second kappa shape index (κ2) is 6.23. The molecule has 0 N–H and O–H groups in total. The summed E-state index contributed by atoms with van der Waals surface area (Å²) in [5.74, 6) is -0.0456. The zero-order chi connectivity index (χ0) is 16.8. The Hall–Kier alpha value is -0.840. The molecule has 1 fully saturated rings. The van der Waals surface area contributed by atoms with Crippen LogP contribution in [-0.4, -0.2) is 23.7 Å². The van der Waals surface area contributed by atoms with Gasteiger partial charge in [-0.2, -0.15) is 13.2 Å². The lowest BCUT2D eigenvalue weighted by atomic mass is 9.73. The Labute approximate surface area is 147 Å². The smallest absolute Gasteiger partial charge is 0.360 e. The summed E-state index contributed by atoms with van der Waals surface area (Å²) < 4.78 is 39.9. The van der Waals surface area contributed by atoms with E-state index in [4.69, 9.17) is 34.8 Å². The van der Waals surface area contributed by atoms with Crippen LogP contribution < -0.4 is 0 Å². The van der Waals surface area contributed by atoms with Crippen LogP contribution in [-0.2, 0) is 0 Å². The molecule has 1 heterocycles. The van der Waals surface area contributed by atoms with Crippen LogP contribution in [0.4, 0.5) is 13.2 Å². The highest BCUT2D eigenvalue weighted by Crippen LogP contribution is 2.47. The minimum absolute atomic E-state index is 0.0456. The van der Waals surface area contributed by atoms with E-state index in [0.29, 0.717) is 16.5 Å². The number of alkyl halides is 3. The highest BCUT2D eigenvalue weighted by molar-refractivity contribution is 6.35. The monoisotopic (exact) mass is 381 g/mol. The van der Waals surface area contributed by atoms with Crippen molar-refractivity contribution in [3.8, 4) is 0 Å². The maximum atomic E-state index is 13.3. The molecule has 1 aromatic rings. The van der Waals surface area contributed by atoms with Crippen LogP contribution in [0.25, 0.3) is 0 Å². The highest BCUT2D eigenvalue weighted by Gasteiger charge is 2.46. The first kappa shape index (κ1) is 17.0. The van der Waals surface area contributed by atoms with Gasteiger partial charge in [0.1, 0.15) is 5.70 Å². The molecule has 1 aliphatic carbocycles. The van der Waals surface area contributed by atoms with Crippen LogP contribution >= 0.6 is 34.8 Å². The summed E-state index contributed by atoms with van der Waals surface area (Å²) in [5.41, 5.74) is 0.152. The van der Waals surface area contributed by atoms with Gasteiger partial charge in [0.2, 0.25) is 0 Å². The Bertz CT molecular complexity index is 682. The lowest BCUT2D eigenvalue weighted by Crippen LogP contribution is -2.49. The van der Waals surface area contributed by atoms with Crippen LogP contribution in [0.5, 0.6) is 0 Å². The van der Waals surface area contributed by atoms with Crippen molar-refractivity contribution in [3.63, 3.8) is 0 Å². The molecule has 2 aliphatic rings. The second-order valence-corrected chi connectivity index (χ2v) is 6.97. The zero-order valence-corrected chi connectivity index (χ0v) is 14.1. The third-order valence-corrected chi connectivity index (χ3v) is 5.18. The molecule has 7 heteroatoms. The van der Waals surface area contributed by atoms with E-state index in [1.165, 1.54) is 4.90 Å². The van der Waals surface area contributed by atoms with Gasteiger partial charge in [0.15, 0.2) is 0 Å². The van der Waals surface area contributed by atoms with E-state index < -0.39 is 11.9 Å². The molecule has 3 rings (SSSR count). The number of hydrogen-bond acceptors (Lipinski definition) is 1. The molecule has 0 unspecified atom stereocenters. The molecule has 0 bridgehead atoms. The number of allylic oxidation sites excluding steroid dienone is 3. The molecule has 0 spiro atoms. The van der Waals surface area contributed by atoms with E-state index in [0.717, 1.165) is 18.1 Å². The first-order chi connectivity index (χ1) is 10.8. The fraction of sp³-hybridized carbons (Fsp3) is 0.375. The quantitative estimate of drug-likeness (QED) is 0.595. The summed E-state index contributed by atoms with van der Waals surface area (Å²) in [6, 6.07) is 4.89. The molecule has 0 radical (unpaired) electrons. The van der Waals surface area contributed by atoms with Gasteiger partial charge in [-0.25, -0.2) is 0 Å². The first-order valence-corrected chi connectivity index (χ1v) is 8.27. The number of hydrogen-bond donors (Lipinski definition) is 0. The van der Waals surface area contributed by atoms with Gasteiger partial charge in [-0.3, -0.25) is 0 Å². The Kier molecular flexibility index (Phi) is 4.60. The van der Waals surface area contributed by atoms with Gasteiger partial charge in [-0.1, -0.05) is 40.9 Å². The molecule has 124 valence electrons. The summed E-state index contributed by atoms with van der Waals surface area (Å²) in [6.07, 6.45) is -0.370. The molecule has 1 aliphatic heterocycles. The predicted molar refractivity (Wildman–Crippen MR) is 87.0 cm³/mol. The Balaban J connectivity index is 1.88. The van der Waals surface area contributed by atoms with E-state index >= 15 is 0 Å². The largest absolute Gasteiger partial charge is 0.431 e. The topological polar surface area (TPSA) is 3.24 Å². The van der Waals surface area contributed by atoms with Crippen molar-refractivity contribution in [1.29, 1.82) is 0 Å². The minimum Gasteiger partial charge on any atom is -0.360 e. The lowest BCUT2D eigenvalue weighted by Gasteiger charge is -2.47. The van der Waals surface area contributed by atoms with Crippen molar-refractivity contribution in [2.24, 2.45) is 0 Å². The molecule has 1 saturated carbocycles. The van der Waals surface area contributed by atoms with Crippen LogP contribution in [0.3, 0.4) is 0 Å². The Morgan fingerprint density at radius 1 is 1.09 bits per heavy atom. The molecule has 0 aromatic heterocycles. The van der Waals surface area contributed by atoms with Gasteiger partial charge in [0, 0.05) is 33.6 Å². The number of nitrogens with zero attached hydrogens (tertiary/aromatic N) is 1. The van der Waals surface area contributed by atoms with Crippen LogP contribution in [0, 0.1) is 0 Å². The zero-order valence-electron chi connectivity index (χ0n) is 11.9. The van der Waals surface area contributed by atoms with Crippen molar-refractivity contribution < 1.29 is 13.2 Å². The molecule has 1 aromatic carbocycles. The standard InChI is InChI=1S/C16H13Cl3F3N/c17-9-1-2-11(13(19)7-9)12-3-4-14(12)23-6-5-10(18)8-15(23)16(20,21)22/h1-2,5,7-8,12,14H,3-4,6H2/t12-,14-/m0/s1. The lowest BCUT2D eigenvalue weighted by molar-refractivity contribution is -0.118. The van der Waals surface area contributed by atoms with Gasteiger partial charge >= 0.3 is 6.18 Å². The van der Waals surface area contributed by atoms with Crippen molar-refractivity contribution >= 4 is 34.8 Å². The number of halogens is 6. The van der Waals surface area contributed by atoms with E-state index in [1.807, 2.05) is 0 Å². The molecular weight excluding hydrogens is 370 g/mol. The molecule has 0 saturated heterocycles. The van der Waals surface area contributed by atoms with E-state index in [1.54, 1.807) is 24.3 Å². The molecule has 23 heavy (non-hydrogen) atoms. The fourth-order valence-corrected chi connectivity index (χ4v) is 3.86. The van der Waals surface area contributed by atoms with Crippen LogP contribution in [0.1, 0.15) is 24.3 Å². The summed E-state index contributed by atoms with van der Waals surface area (Å²) in [4.78, 5) is 1.38. The van der Waals surface area contributed by atoms with Gasteiger partial charge in [0.25, 0.3) is 0 Å². The van der Waals surface area contributed by atoms with Crippen molar-refractivity contribution in [3.05, 3.63) is 56.7 Å². The SMILES string of the molecule is FC(F)(F)C1=CC(Cl)=CCN1[C@H]1CC[C@H]1c1ccc(Cl)cc1Cl. The summed E-state index contributed by atoms with van der Waals surface area (Å²) in [5, 5.41) is 1.13. The van der Waals surface area contributed by atoms with Gasteiger partial charge in [0.05, 0.1) is 0 Å². The summed E-state index contributed by atoms with van der Waals surface area (Å²) in [7, 11) is 0. The molecule has 0 amide bonds. The molecule has 1 nitrogen and oxygen atoms in total. The third-order valence-electron chi connectivity index (χ3n) is 4.36. The average molecular weight is 383 g/mol. The molecular formula is C16H13Cl3F3N. The van der Waals surface area contributed by atoms with Gasteiger partial charge in [-0.05, 0) is 42.7 Å². The van der Waals surface area contributed by atoms with E-state index in [9.17, 15) is 13.2 Å². The highest BCUT2D eigenvalue weighted by atomic mass is 35.5. The predicted octanol–water partition coefficient (Wildman–Crippen LogP) is 6.12. The van der Waals surface area contributed by atoms with Crippen molar-refractivity contribution in [1.82, 2.24) is 4.90 Å². The van der Waals surface area contributed by atoms with E-state index in [-0.39, 0.29) is 23.5 Å². The van der Waals surface area contributed by atoms with Gasteiger partial charge in [-0.15, -0.1) is 0 Å². The fourth-order valence-electron chi connectivity index (χ4n) is 3.14. The normalized spacial score (nSPS) is 24.9. The maximum Gasteiger partial charge on any atom is 0.431 e. The number of benzene rings is 1. The summed E-state index contributed by atoms with van der Waals surface area (Å²) in [6.45, 7) is 0.149. The minimum atomic E-state index is -4.43. The maximum absolute atomic E-state index is 13.3. The van der Waals surface area contributed by atoms with Crippen molar-refractivity contribution in [2.45, 2.75) is 31.0 Å².